The summed E-state index contributed by atoms with van der Waals surface area (Å²) >= 11 is 0. The van der Waals surface area contributed by atoms with Crippen molar-refractivity contribution >= 4 is 10.9 Å². The van der Waals surface area contributed by atoms with E-state index >= 15 is 0 Å². The average molecular weight is 237 g/mol. The van der Waals surface area contributed by atoms with Crippen molar-refractivity contribution in [1.29, 1.82) is 0 Å². The molecule has 2 heterocycles. The van der Waals surface area contributed by atoms with Crippen LogP contribution in [0.5, 0.6) is 0 Å². The van der Waals surface area contributed by atoms with Crippen LogP contribution in [0, 0.1) is 6.92 Å². The van der Waals surface area contributed by atoms with Gasteiger partial charge >= 0.3 is 0 Å². The van der Waals surface area contributed by atoms with Gasteiger partial charge in [0.15, 0.2) is 0 Å². The van der Waals surface area contributed by atoms with E-state index < -0.39 is 0 Å². The number of hydrogen-bond donors (Lipinski definition) is 0. The van der Waals surface area contributed by atoms with Crippen LogP contribution in [-0.4, -0.2) is 14.8 Å². The highest BCUT2D eigenvalue weighted by molar-refractivity contribution is 5.79. The normalized spacial score (nSPS) is 10.7. The first-order chi connectivity index (χ1) is 8.77. The van der Waals surface area contributed by atoms with Gasteiger partial charge in [-0.25, -0.2) is 0 Å². The summed E-state index contributed by atoms with van der Waals surface area (Å²) in [7, 11) is 0. The molecule has 0 fully saturated rings. The highest BCUT2D eigenvalue weighted by Gasteiger charge is 2.09. The van der Waals surface area contributed by atoms with Crippen LogP contribution in [0.4, 0.5) is 0 Å². The lowest BCUT2D eigenvalue weighted by Crippen LogP contribution is -2.22. The molecule has 3 aromatic rings. The summed E-state index contributed by atoms with van der Waals surface area (Å²) in [5.41, 5.74) is 2.02. The molecule has 0 radical (unpaired) electrons. The third kappa shape index (κ3) is 1.59. The van der Waals surface area contributed by atoms with Crippen molar-refractivity contribution in [2.45, 2.75) is 6.92 Å². The van der Waals surface area contributed by atoms with Gasteiger partial charge < -0.3 is 0 Å². The van der Waals surface area contributed by atoms with Crippen molar-refractivity contribution in [1.82, 2.24) is 14.8 Å². The molecular weight excluding hydrogens is 226 g/mol. The van der Waals surface area contributed by atoms with Crippen LogP contribution >= 0.6 is 0 Å². The lowest BCUT2D eigenvalue weighted by atomic mass is 10.2. The van der Waals surface area contributed by atoms with E-state index in [1.807, 2.05) is 37.3 Å². The minimum Gasteiger partial charge on any atom is -0.267 e. The van der Waals surface area contributed by atoms with E-state index in [4.69, 9.17) is 0 Å². The summed E-state index contributed by atoms with van der Waals surface area (Å²) in [5.74, 6) is 0. The van der Waals surface area contributed by atoms with Crippen LogP contribution in [-0.2, 0) is 0 Å². The van der Waals surface area contributed by atoms with Crippen LogP contribution in [0.25, 0.3) is 16.6 Å². The highest BCUT2D eigenvalue weighted by Crippen LogP contribution is 2.11. The first kappa shape index (κ1) is 10.7. The molecule has 0 bridgehead atoms. The number of nitrogens with zero attached hydrogens (tertiary/aromatic N) is 3. The van der Waals surface area contributed by atoms with Gasteiger partial charge in [-0.2, -0.15) is 9.78 Å². The van der Waals surface area contributed by atoms with Crippen molar-refractivity contribution in [2.24, 2.45) is 0 Å². The standard InChI is InChI=1S/C14H11N3O/c1-10-13-12(8-5-9-15-13)14(18)17(16-10)11-6-3-2-4-7-11/h2-9H,1H3. The minimum absolute atomic E-state index is 0.144. The Labute approximate surface area is 104 Å². The lowest BCUT2D eigenvalue weighted by molar-refractivity contribution is 0.798. The van der Waals surface area contributed by atoms with Crippen molar-refractivity contribution in [2.75, 3.05) is 0 Å². The first-order valence-corrected chi connectivity index (χ1v) is 5.67. The predicted octanol–water partition coefficient (Wildman–Crippen LogP) is 2.09. The van der Waals surface area contributed by atoms with Gasteiger partial charge in [0.05, 0.1) is 22.3 Å². The van der Waals surface area contributed by atoms with Gasteiger partial charge in [0.1, 0.15) is 0 Å². The van der Waals surface area contributed by atoms with Gasteiger partial charge in [0, 0.05) is 6.20 Å². The van der Waals surface area contributed by atoms with Crippen molar-refractivity contribution < 1.29 is 0 Å². The molecule has 88 valence electrons. The Bertz CT molecular complexity index is 763. The maximum atomic E-state index is 12.3. The Kier molecular flexibility index (Phi) is 2.41. The third-order valence-corrected chi connectivity index (χ3v) is 2.82. The molecule has 4 heteroatoms. The second kappa shape index (κ2) is 4.07. The molecular formula is C14H11N3O. The number of hydrogen-bond acceptors (Lipinski definition) is 3. The fourth-order valence-corrected chi connectivity index (χ4v) is 1.97. The van der Waals surface area contributed by atoms with Crippen LogP contribution in [0.1, 0.15) is 5.69 Å². The zero-order chi connectivity index (χ0) is 12.5. The molecule has 0 spiro atoms. The van der Waals surface area contributed by atoms with Gasteiger partial charge in [-0.1, -0.05) is 18.2 Å². The van der Waals surface area contributed by atoms with E-state index in [1.54, 1.807) is 18.3 Å². The van der Waals surface area contributed by atoms with Crippen molar-refractivity contribution in [3.63, 3.8) is 0 Å². The minimum atomic E-state index is -0.144. The molecule has 1 aromatic carbocycles. The molecule has 0 atom stereocenters. The van der Waals surface area contributed by atoms with Crippen LogP contribution in [0.3, 0.4) is 0 Å². The van der Waals surface area contributed by atoms with Crippen molar-refractivity contribution in [3.05, 3.63) is 64.7 Å². The smallest absolute Gasteiger partial charge is 0.267 e. The van der Waals surface area contributed by atoms with Gasteiger partial charge in [-0.15, -0.1) is 0 Å². The molecule has 3 rings (SSSR count). The van der Waals surface area contributed by atoms with Gasteiger partial charge in [-0.05, 0) is 31.2 Å². The number of fused-ring (bicyclic) bond motifs is 1. The Balaban J connectivity index is 2.39. The number of rotatable bonds is 1. The Morgan fingerprint density at radius 1 is 1.06 bits per heavy atom. The second-order valence-corrected chi connectivity index (χ2v) is 4.04. The Morgan fingerprint density at radius 3 is 2.61 bits per heavy atom. The van der Waals surface area contributed by atoms with Crippen LogP contribution in [0.2, 0.25) is 0 Å². The van der Waals surface area contributed by atoms with Crippen molar-refractivity contribution in [3.8, 4) is 5.69 Å². The second-order valence-electron chi connectivity index (χ2n) is 4.04. The van der Waals surface area contributed by atoms with E-state index in [9.17, 15) is 4.79 Å². The zero-order valence-electron chi connectivity index (χ0n) is 9.87. The molecule has 0 unspecified atom stereocenters. The summed E-state index contributed by atoms with van der Waals surface area (Å²) in [6, 6.07) is 12.9. The monoisotopic (exact) mass is 237 g/mol. The molecule has 0 aliphatic carbocycles. The molecule has 2 aromatic heterocycles. The van der Waals surface area contributed by atoms with E-state index in [-0.39, 0.29) is 5.56 Å². The number of pyridine rings is 1. The number of benzene rings is 1. The molecule has 18 heavy (non-hydrogen) atoms. The molecule has 0 aliphatic rings. The van der Waals surface area contributed by atoms with Crippen LogP contribution in [0.15, 0.2) is 53.5 Å². The number of aromatic nitrogens is 3. The maximum absolute atomic E-state index is 12.3. The molecule has 0 aliphatic heterocycles. The summed E-state index contributed by atoms with van der Waals surface area (Å²) in [4.78, 5) is 16.5. The molecule has 0 saturated carbocycles. The fraction of sp³-hybridized carbons (Fsp3) is 0.0714. The number of aryl methyl sites for hydroxylation is 1. The zero-order valence-corrected chi connectivity index (χ0v) is 9.87. The van der Waals surface area contributed by atoms with Gasteiger partial charge in [-0.3, -0.25) is 9.78 Å². The summed E-state index contributed by atoms with van der Waals surface area (Å²) < 4.78 is 1.42. The molecule has 4 nitrogen and oxygen atoms in total. The Morgan fingerprint density at radius 2 is 1.83 bits per heavy atom. The summed E-state index contributed by atoms with van der Waals surface area (Å²) in [6.45, 7) is 1.86. The Hall–Kier alpha value is -2.49. The topological polar surface area (TPSA) is 47.8 Å². The molecule has 0 amide bonds. The van der Waals surface area contributed by atoms with Gasteiger partial charge in [0.2, 0.25) is 0 Å². The van der Waals surface area contributed by atoms with E-state index in [2.05, 4.69) is 10.1 Å². The van der Waals surface area contributed by atoms with E-state index in [0.717, 1.165) is 11.4 Å². The molecule has 0 N–H and O–H groups in total. The summed E-state index contributed by atoms with van der Waals surface area (Å²) in [5, 5.41) is 4.90. The predicted molar refractivity (Wildman–Crippen MR) is 69.9 cm³/mol. The summed E-state index contributed by atoms with van der Waals surface area (Å²) in [6.07, 6.45) is 1.67. The quantitative estimate of drug-likeness (QED) is 0.651. The SMILES string of the molecule is Cc1nn(-c2ccccc2)c(=O)c2cccnc12. The van der Waals surface area contributed by atoms with Crippen LogP contribution < -0.4 is 5.56 Å². The average Bonchev–Trinajstić information content (AvgIpc) is 2.44. The molecule has 0 saturated heterocycles. The number of para-hydroxylation sites is 1. The third-order valence-electron chi connectivity index (χ3n) is 2.82. The first-order valence-electron chi connectivity index (χ1n) is 5.67. The lowest BCUT2D eigenvalue weighted by Gasteiger charge is -2.07. The maximum Gasteiger partial charge on any atom is 0.280 e. The fourth-order valence-electron chi connectivity index (χ4n) is 1.97. The largest absolute Gasteiger partial charge is 0.280 e. The highest BCUT2D eigenvalue weighted by atomic mass is 16.1. The van der Waals surface area contributed by atoms with Gasteiger partial charge in [0.25, 0.3) is 5.56 Å². The van der Waals surface area contributed by atoms with E-state index in [1.165, 1.54) is 4.68 Å². The van der Waals surface area contributed by atoms with E-state index in [0.29, 0.717) is 10.9 Å².